The zero-order valence-electron chi connectivity index (χ0n) is 16.6. The van der Waals surface area contributed by atoms with Gasteiger partial charge in [-0.25, -0.2) is 18.0 Å². The molecule has 0 atom stereocenters. The number of aromatic nitrogens is 2. The highest BCUT2D eigenvalue weighted by molar-refractivity contribution is 6.00. The Kier molecular flexibility index (Phi) is 5.40. The fourth-order valence-electron chi connectivity index (χ4n) is 3.67. The Bertz CT molecular complexity index is 1300. The molecule has 32 heavy (non-hydrogen) atoms. The number of fused-ring (bicyclic) bond motifs is 1. The molecule has 7 nitrogen and oxygen atoms in total. The van der Waals surface area contributed by atoms with Crippen molar-refractivity contribution in [3.05, 3.63) is 82.1 Å². The molecule has 0 saturated heterocycles. The van der Waals surface area contributed by atoms with Crippen LogP contribution in [0.1, 0.15) is 21.6 Å². The molecule has 1 aliphatic rings. The zero-order chi connectivity index (χ0) is 23.0. The SMILES string of the molecule is [C-]#[N+]c1ccc(CC(=O)N2CCn3nc(-c4ccc(F)c(F)c4)c(C(N)=O)c3C2)cc1F. The number of amides is 2. The number of nitrogens with zero attached hydrogens (tertiary/aromatic N) is 4. The van der Waals surface area contributed by atoms with Crippen LogP contribution in [0.3, 0.4) is 0 Å². The molecule has 0 fully saturated rings. The van der Waals surface area contributed by atoms with E-state index in [9.17, 15) is 22.8 Å². The predicted molar refractivity (Wildman–Crippen MR) is 108 cm³/mol. The minimum absolute atomic E-state index is 0.0242. The minimum atomic E-state index is -1.09. The van der Waals surface area contributed by atoms with Crippen molar-refractivity contribution >= 4 is 17.5 Å². The predicted octanol–water partition coefficient (Wildman–Crippen LogP) is 3.20. The van der Waals surface area contributed by atoms with Gasteiger partial charge in [0.25, 0.3) is 5.91 Å². The Labute approximate surface area is 180 Å². The van der Waals surface area contributed by atoms with E-state index in [0.717, 1.165) is 18.2 Å². The van der Waals surface area contributed by atoms with E-state index in [2.05, 4.69) is 9.94 Å². The second-order valence-corrected chi connectivity index (χ2v) is 7.28. The third kappa shape index (κ3) is 3.80. The third-order valence-corrected chi connectivity index (χ3v) is 5.26. The van der Waals surface area contributed by atoms with Crippen LogP contribution in [0.15, 0.2) is 36.4 Å². The maximum atomic E-state index is 13.8. The molecule has 1 aromatic heterocycles. The van der Waals surface area contributed by atoms with Crippen molar-refractivity contribution < 1.29 is 22.8 Å². The fourth-order valence-corrected chi connectivity index (χ4v) is 3.67. The van der Waals surface area contributed by atoms with E-state index in [1.165, 1.54) is 27.8 Å². The second-order valence-electron chi connectivity index (χ2n) is 7.28. The van der Waals surface area contributed by atoms with Crippen molar-refractivity contribution in [1.82, 2.24) is 14.7 Å². The van der Waals surface area contributed by atoms with Gasteiger partial charge in [-0.2, -0.15) is 5.10 Å². The highest BCUT2D eigenvalue weighted by atomic mass is 19.2. The normalized spacial score (nSPS) is 12.9. The molecule has 3 aromatic rings. The first-order chi connectivity index (χ1) is 15.3. The largest absolute Gasteiger partial charge is 0.365 e. The van der Waals surface area contributed by atoms with Crippen LogP contribution in [0.4, 0.5) is 18.9 Å². The summed E-state index contributed by atoms with van der Waals surface area (Å²) in [5, 5.41) is 4.33. The number of carbonyl (C=O) groups is 2. The Balaban J connectivity index is 1.61. The zero-order valence-corrected chi connectivity index (χ0v) is 16.6. The van der Waals surface area contributed by atoms with Crippen LogP contribution < -0.4 is 5.73 Å². The van der Waals surface area contributed by atoms with E-state index in [4.69, 9.17) is 12.3 Å². The van der Waals surface area contributed by atoms with Crippen molar-refractivity contribution in [1.29, 1.82) is 0 Å². The summed E-state index contributed by atoms with van der Waals surface area (Å²) in [6, 6.07) is 7.13. The number of hydrogen-bond acceptors (Lipinski definition) is 3. The van der Waals surface area contributed by atoms with Gasteiger partial charge in [0, 0.05) is 12.1 Å². The monoisotopic (exact) mass is 439 g/mol. The Hall–Kier alpha value is -4.13. The molecular formula is C22H16F3N5O2. The second kappa shape index (κ2) is 8.19. The van der Waals surface area contributed by atoms with Crippen LogP contribution in [0.5, 0.6) is 0 Å². The van der Waals surface area contributed by atoms with E-state index in [0.29, 0.717) is 11.3 Å². The van der Waals surface area contributed by atoms with Gasteiger partial charge < -0.3 is 10.6 Å². The quantitative estimate of drug-likeness (QED) is 0.634. The van der Waals surface area contributed by atoms with E-state index >= 15 is 0 Å². The van der Waals surface area contributed by atoms with Crippen LogP contribution in [0, 0.1) is 24.0 Å². The number of halogens is 3. The molecule has 0 aliphatic carbocycles. The Morgan fingerprint density at radius 1 is 1.06 bits per heavy atom. The van der Waals surface area contributed by atoms with Crippen molar-refractivity contribution in [2.24, 2.45) is 5.73 Å². The number of nitrogens with two attached hydrogens (primary N) is 1. The van der Waals surface area contributed by atoms with E-state index in [1.807, 2.05) is 0 Å². The number of hydrogen-bond donors (Lipinski definition) is 1. The van der Waals surface area contributed by atoms with E-state index in [-0.39, 0.29) is 54.5 Å². The molecule has 0 radical (unpaired) electrons. The molecule has 2 amide bonds. The first-order valence-corrected chi connectivity index (χ1v) is 9.57. The lowest BCUT2D eigenvalue weighted by atomic mass is 10.0. The first kappa shape index (κ1) is 21.1. The fraction of sp³-hybridized carbons (Fsp3) is 0.182. The molecule has 0 unspecified atom stereocenters. The first-order valence-electron chi connectivity index (χ1n) is 9.57. The number of carbonyl (C=O) groups excluding carboxylic acids is 2. The van der Waals surface area contributed by atoms with Gasteiger partial charge in [-0.05, 0) is 29.8 Å². The van der Waals surface area contributed by atoms with Crippen LogP contribution in [-0.4, -0.2) is 33.0 Å². The topological polar surface area (TPSA) is 85.6 Å². The van der Waals surface area contributed by atoms with Crippen LogP contribution in [0.25, 0.3) is 16.1 Å². The molecular weight excluding hydrogens is 423 g/mol. The van der Waals surface area contributed by atoms with Crippen molar-refractivity contribution in [3.63, 3.8) is 0 Å². The van der Waals surface area contributed by atoms with Gasteiger partial charge in [0.2, 0.25) is 11.6 Å². The molecule has 1 aliphatic heterocycles. The van der Waals surface area contributed by atoms with Gasteiger partial charge >= 0.3 is 0 Å². The smallest absolute Gasteiger partial charge is 0.252 e. The van der Waals surface area contributed by atoms with E-state index < -0.39 is 23.4 Å². The average molecular weight is 439 g/mol. The molecule has 4 rings (SSSR count). The maximum Gasteiger partial charge on any atom is 0.252 e. The summed E-state index contributed by atoms with van der Waals surface area (Å²) in [7, 11) is 0. The molecule has 0 spiro atoms. The molecule has 162 valence electrons. The summed E-state index contributed by atoms with van der Waals surface area (Å²) < 4.78 is 42.4. The maximum absolute atomic E-state index is 13.8. The number of rotatable bonds is 4. The lowest BCUT2D eigenvalue weighted by Gasteiger charge is -2.28. The lowest BCUT2D eigenvalue weighted by molar-refractivity contribution is -0.132. The molecule has 0 saturated carbocycles. The summed E-state index contributed by atoms with van der Waals surface area (Å²) in [5.74, 6) is -3.93. The summed E-state index contributed by atoms with van der Waals surface area (Å²) in [5.41, 5.74) is 6.54. The Morgan fingerprint density at radius 3 is 2.50 bits per heavy atom. The van der Waals surface area contributed by atoms with Gasteiger partial charge in [-0.1, -0.05) is 12.1 Å². The molecule has 2 aromatic carbocycles. The van der Waals surface area contributed by atoms with Gasteiger partial charge in [0.15, 0.2) is 11.6 Å². The van der Waals surface area contributed by atoms with Gasteiger partial charge in [-0.15, -0.1) is 0 Å². The van der Waals surface area contributed by atoms with Gasteiger partial charge in [0.05, 0.1) is 37.3 Å². The van der Waals surface area contributed by atoms with Crippen LogP contribution in [0.2, 0.25) is 0 Å². The lowest BCUT2D eigenvalue weighted by Crippen LogP contribution is -2.40. The summed E-state index contributed by atoms with van der Waals surface area (Å²) in [6.45, 7) is 7.46. The average Bonchev–Trinajstić information content (AvgIpc) is 3.14. The number of benzene rings is 2. The van der Waals surface area contributed by atoms with Crippen LogP contribution in [-0.2, 0) is 24.3 Å². The summed E-state index contributed by atoms with van der Waals surface area (Å²) in [4.78, 5) is 29.5. The highest BCUT2D eigenvalue weighted by Crippen LogP contribution is 2.29. The van der Waals surface area contributed by atoms with E-state index in [1.54, 1.807) is 0 Å². The summed E-state index contributed by atoms with van der Waals surface area (Å²) in [6.07, 6.45) is -0.0920. The third-order valence-electron chi connectivity index (χ3n) is 5.26. The minimum Gasteiger partial charge on any atom is -0.365 e. The van der Waals surface area contributed by atoms with Crippen molar-refractivity contribution in [2.75, 3.05) is 6.54 Å². The van der Waals surface area contributed by atoms with Crippen molar-refractivity contribution in [2.45, 2.75) is 19.5 Å². The van der Waals surface area contributed by atoms with Crippen molar-refractivity contribution in [3.8, 4) is 11.3 Å². The number of primary amides is 1. The summed E-state index contributed by atoms with van der Waals surface area (Å²) >= 11 is 0. The molecule has 2 N–H and O–H groups in total. The van der Waals surface area contributed by atoms with Crippen LogP contribution >= 0.6 is 0 Å². The molecule has 10 heteroatoms. The molecule has 0 bridgehead atoms. The Morgan fingerprint density at radius 2 is 1.84 bits per heavy atom. The highest BCUT2D eigenvalue weighted by Gasteiger charge is 2.30. The van der Waals surface area contributed by atoms with Gasteiger partial charge in [-0.3, -0.25) is 14.3 Å². The molecule has 2 heterocycles. The standard InChI is InChI=1S/C22H16F3N5O2/c1-27-17-5-2-12(8-16(17)25)9-19(31)29-6-7-30-18(11-29)20(22(26)32)21(28-30)13-3-4-14(23)15(24)10-13/h2-5,8,10H,6-7,9,11H2,(H2,26,32). The van der Waals surface area contributed by atoms with Gasteiger partial charge in [0.1, 0.15) is 11.5 Å².